The summed E-state index contributed by atoms with van der Waals surface area (Å²) in [6, 6.07) is -0.104. The van der Waals surface area contributed by atoms with E-state index >= 15 is 0 Å². The number of carboxylic acid groups (broad SMARTS) is 1. The molecule has 17 heavy (non-hydrogen) atoms. The minimum absolute atomic E-state index is 0.0110. The average Bonchev–Trinajstić information content (AvgIpc) is 2.27. The van der Waals surface area contributed by atoms with Crippen LogP contribution in [-0.4, -0.2) is 52.9 Å². The second kappa shape index (κ2) is 7.89. The van der Waals surface area contributed by atoms with E-state index in [1.54, 1.807) is 11.9 Å². The van der Waals surface area contributed by atoms with Gasteiger partial charge in [0.25, 0.3) is 0 Å². The van der Waals surface area contributed by atoms with Gasteiger partial charge in [-0.05, 0) is 13.3 Å². The molecule has 0 radical (unpaired) electrons. The maximum absolute atomic E-state index is 11.6. The van der Waals surface area contributed by atoms with Gasteiger partial charge in [-0.2, -0.15) is 0 Å². The van der Waals surface area contributed by atoms with Gasteiger partial charge in [0.1, 0.15) is 0 Å². The van der Waals surface area contributed by atoms with Crippen molar-refractivity contribution in [2.75, 3.05) is 13.6 Å². The van der Waals surface area contributed by atoms with E-state index in [9.17, 15) is 9.59 Å². The van der Waals surface area contributed by atoms with Gasteiger partial charge in [0.15, 0.2) is 6.10 Å². The number of aliphatic carboxylic acids is 1. The standard InChI is InChI=1S/C11H22N2O4/c1-4-5-8(2)13(3)11(17)12-7-6-9(14)10(15)16/h8-9,14H,4-7H2,1-3H3,(H,12,17)(H,15,16). The highest BCUT2D eigenvalue weighted by Gasteiger charge is 2.16. The Morgan fingerprint density at radius 2 is 1.94 bits per heavy atom. The van der Waals surface area contributed by atoms with Crippen molar-refractivity contribution in [2.45, 2.75) is 45.3 Å². The summed E-state index contributed by atoms with van der Waals surface area (Å²) in [5, 5.41) is 20.0. The molecule has 100 valence electrons. The lowest BCUT2D eigenvalue weighted by Crippen LogP contribution is -2.43. The van der Waals surface area contributed by atoms with Crippen molar-refractivity contribution >= 4 is 12.0 Å². The molecule has 6 heteroatoms. The van der Waals surface area contributed by atoms with Gasteiger partial charge in [0.2, 0.25) is 0 Å². The second-order valence-corrected chi connectivity index (χ2v) is 4.12. The number of aliphatic hydroxyl groups excluding tert-OH is 1. The van der Waals surface area contributed by atoms with Crippen LogP contribution < -0.4 is 5.32 Å². The molecule has 0 bridgehead atoms. The lowest BCUT2D eigenvalue weighted by Gasteiger charge is -2.25. The van der Waals surface area contributed by atoms with Crippen molar-refractivity contribution in [3.05, 3.63) is 0 Å². The Hall–Kier alpha value is -1.30. The Kier molecular flexibility index (Phi) is 7.29. The number of aliphatic hydroxyl groups is 1. The van der Waals surface area contributed by atoms with Crippen molar-refractivity contribution in [3.8, 4) is 0 Å². The average molecular weight is 246 g/mol. The maximum Gasteiger partial charge on any atom is 0.332 e. The monoisotopic (exact) mass is 246 g/mol. The Bertz CT molecular complexity index is 258. The van der Waals surface area contributed by atoms with Crippen LogP contribution in [0.25, 0.3) is 0 Å². The lowest BCUT2D eigenvalue weighted by atomic mass is 10.2. The molecule has 0 aromatic heterocycles. The van der Waals surface area contributed by atoms with Crippen molar-refractivity contribution in [3.63, 3.8) is 0 Å². The Labute approximate surface area is 102 Å². The fourth-order valence-corrected chi connectivity index (χ4v) is 1.38. The number of carboxylic acids is 1. The quantitative estimate of drug-likeness (QED) is 0.615. The predicted molar refractivity (Wildman–Crippen MR) is 63.8 cm³/mol. The van der Waals surface area contributed by atoms with Crippen LogP contribution in [0.1, 0.15) is 33.1 Å². The van der Waals surface area contributed by atoms with Crippen LogP contribution in [0.15, 0.2) is 0 Å². The highest BCUT2D eigenvalue weighted by Crippen LogP contribution is 2.03. The molecule has 0 spiro atoms. The molecular weight excluding hydrogens is 224 g/mol. The van der Waals surface area contributed by atoms with Gasteiger partial charge in [-0.1, -0.05) is 13.3 Å². The number of hydrogen-bond donors (Lipinski definition) is 3. The number of carbonyl (C=O) groups excluding carboxylic acids is 1. The Morgan fingerprint density at radius 1 is 1.35 bits per heavy atom. The lowest BCUT2D eigenvalue weighted by molar-refractivity contribution is -0.146. The van der Waals surface area contributed by atoms with Crippen LogP contribution in [0, 0.1) is 0 Å². The first kappa shape index (κ1) is 15.7. The third-order valence-electron chi connectivity index (χ3n) is 2.67. The highest BCUT2D eigenvalue weighted by atomic mass is 16.4. The zero-order chi connectivity index (χ0) is 13.4. The number of nitrogens with zero attached hydrogens (tertiary/aromatic N) is 1. The maximum atomic E-state index is 11.6. The number of rotatable bonds is 7. The second-order valence-electron chi connectivity index (χ2n) is 4.12. The summed E-state index contributed by atoms with van der Waals surface area (Å²) < 4.78 is 0. The molecule has 0 saturated heterocycles. The zero-order valence-corrected chi connectivity index (χ0v) is 10.6. The van der Waals surface area contributed by atoms with Crippen molar-refractivity contribution < 1.29 is 19.8 Å². The largest absolute Gasteiger partial charge is 0.479 e. The summed E-state index contributed by atoms with van der Waals surface area (Å²) in [4.78, 5) is 23.5. The molecule has 0 heterocycles. The van der Waals surface area contributed by atoms with E-state index in [0.717, 1.165) is 12.8 Å². The van der Waals surface area contributed by atoms with Crippen molar-refractivity contribution in [1.82, 2.24) is 10.2 Å². The van der Waals surface area contributed by atoms with E-state index in [-0.39, 0.29) is 25.0 Å². The fourth-order valence-electron chi connectivity index (χ4n) is 1.38. The van der Waals surface area contributed by atoms with E-state index in [1.807, 2.05) is 13.8 Å². The third kappa shape index (κ3) is 6.11. The minimum atomic E-state index is -1.42. The fraction of sp³-hybridized carbons (Fsp3) is 0.818. The molecule has 0 rings (SSSR count). The summed E-state index contributed by atoms with van der Waals surface area (Å²) >= 11 is 0. The van der Waals surface area contributed by atoms with Gasteiger partial charge in [0, 0.05) is 26.1 Å². The van der Waals surface area contributed by atoms with Crippen molar-refractivity contribution in [2.24, 2.45) is 0 Å². The van der Waals surface area contributed by atoms with Gasteiger partial charge in [0.05, 0.1) is 0 Å². The molecule has 6 nitrogen and oxygen atoms in total. The molecule has 2 unspecified atom stereocenters. The minimum Gasteiger partial charge on any atom is -0.479 e. The smallest absolute Gasteiger partial charge is 0.332 e. The molecule has 0 aliphatic carbocycles. The van der Waals surface area contributed by atoms with E-state index in [1.165, 1.54) is 0 Å². The summed E-state index contributed by atoms with van der Waals surface area (Å²) in [5.74, 6) is -1.27. The number of nitrogens with one attached hydrogen (secondary N) is 1. The molecule has 2 atom stereocenters. The zero-order valence-electron chi connectivity index (χ0n) is 10.6. The summed E-state index contributed by atoms with van der Waals surface area (Å²) in [6.45, 7) is 4.15. The normalized spacial score (nSPS) is 13.9. The third-order valence-corrected chi connectivity index (χ3v) is 2.67. The van der Waals surface area contributed by atoms with E-state index < -0.39 is 12.1 Å². The van der Waals surface area contributed by atoms with Crippen molar-refractivity contribution in [1.29, 1.82) is 0 Å². The summed E-state index contributed by atoms with van der Waals surface area (Å²) in [5.41, 5.74) is 0. The molecule has 0 aromatic carbocycles. The van der Waals surface area contributed by atoms with E-state index in [0.29, 0.717) is 0 Å². The molecule has 3 N–H and O–H groups in total. The first-order chi connectivity index (χ1) is 7.90. The molecule has 0 fully saturated rings. The van der Waals surface area contributed by atoms with Crippen LogP contribution in [0.4, 0.5) is 4.79 Å². The van der Waals surface area contributed by atoms with Crippen LogP contribution in [0.5, 0.6) is 0 Å². The number of carbonyl (C=O) groups is 2. The van der Waals surface area contributed by atoms with Gasteiger partial charge in [-0.25, -0.2) is 9.59 Å². The number of urea groups is 1. The first-order valence-corrected chi connectivity index (χ1v) is 5.81. The number of amides is 2. The Balaban J connectivity index is 3.89. The van der Waals surface area contributed by atoms with Gasteiger partial charge in [-0.3, -0.25) is 0 Å². The Morgan fingerprint density at radius 3 is 2.41 bits per heavy atom. The SMILES string of the molecule is CCCC(C)N(C)C(=O)NCCC(O)C(=O)O. The predicted octanol–water partition coefficient (Wildman–Crippen LogP) is 0.652. The van der Waals surface area contributed by atoms with Gasteiger partial charge < -0.3 is 20.4 Å². The summed E-state index contributed by atoms with van der Waals surface area (Å²) in [7, 11) is 1.70. The van der Waals surface area contributed by atoms with Gasteiger partial charge >= 0.3 is 12.0 Å². The first-order valence-electron chi connectivity index (χ1n) is 5.81. The van der Waals surface area contributed by atoms with E-state index in [4.69, 9.17) is 10.2 Å². The molecule has 0 aromatic rings. The van der Waals surface area contributed by atoms with Crippen LogP contribution in [-0.2, 0) is 4.79 Å². The van der Waals surface area contributed by atoms with E-state index in [2.05, 4.69) is 5.32 Å². The topological polar surface area (TPSA) is 89.9 Å². The molecule has 0 aliphatic heterocycles. The highest BCUT2D eigenvalue weighted by molar-refractivity contribution is 5.74. The summed E-state index contributed by atoms with van der Waals surface area (Å²) in [6.07, 6.45) is 0.503. The molecule has 0 saturated carbocycles. The van der Waals surface area contributed by atoms with Crippen LogP contribution in [0.3, 0.4) is 0 Å². The van der Waals surface area contributed by atoms with Crippen LogP contribution in [0.2, 0.25) is 0 Å². The molecule has 0 aliphatic rings. The van der Waals surface area contributed by atoms with Crippen LogP contribution >= 0.6 is 0 Å². The molecular formula is C11H22N2O4. The number of hydrogen-bond acceptors (Lipinski definition) is 3. The van der Waals surface area contributed by atoms with Gasteiger partial charge in [-0.15, -0.1) is 0 Å². The molecule has 2 amide bonds.